The molecule has 2 aromatic heterocycles. The Balaban J connectivity index is 1.55. The van der Waals surface area contributed by atoms with E-state index >= 15 is 0 Å². The number of thiazole rings is 1. The van der Waals surface area contributed by atoms with Gasteiger partial charge in [-0.2, -0.15) is 0 Å². The van der Waals surface area contributed by atoms with E-state index in [4.69, 9.17) is 9.73 Å². The minimum absolute atomic E-state index is 0.875. The molecule has 0 aliphatic heterocycles. The summed E-state index contributed by atoms with van der Waals surface area (Å²) in [4.78, 5) is 10.2. The third-order valence-corrected chi connectivity index (χ3v) is 7.08. The average Bonchev–Trinajstić information content (AvgIpc) is 3.51. The minimum atomic E-state index is 0.875. The topological polar surface area (TPSA) is 44.3 Å². The SMILES string of the molecule is COc1ccc2cc(-c3csc(=Nc4ccc(C)c(C)c4)n3CCCn3ccnc3)ccc2c1. The molecule has 5 rings (SSSR count). The summed E-state index contributed by atoms with van der Waals surface area (Å²) < 4.78 is 9.86. The molecular weight excluding hydrogens is 440 g/mol. The van der Waals surface area contributed by atoms with Crippen LogP contribution >= 0.6 is 11.3 Å². The summed E-state index contributed by atoms with van der Waals surface area (Å²) in [6, 6.07) is 19.2. The van der Waals surface area contributed by atoms with Crippen LogP contribution in [0.4, 0.5) is 5.69 Å². The molecule has 0 atom stereocenters. The van der Waals surface area contributed by atoms with Crippen LogP contribution in [0.25, 0.3) is 22.0 Å². The van der Waals surface area contributed by atoms with Crippen LogP contribution in [0.1, 0.15) is 17.5 Å². The molecule has 5 aromatic rings. The fraction of sp³-hybridized carbons (Fsp3) is 0.214. The van der Waals surface area contributed by atoms with Gasteiger partial charge in [-0.15, -0.1) is 11.3 Å². The zero-order valence-corrected chi connectivity index (χ0v) is 20.5. The van der Waals surface area contributed by atoms with Crippen LogP contribution in [-0.4, -0.2) is 21.2 Å². The van der Waals surface area contributed by atoms with Gasteiger partial charge >= 0.3 is 0 Å². The molecule has 0 aliphatic rings. The molecule has 0 saturated carbocycles. The number of rotatable bonds is 7. The molecule has 0 spiro atoms. The van der Waals surface area contributed by atoms with Crippen LogP contribution in [0.5, 0.6) is 5.75 Å². The van der Waals surface area contributed by atoms with Gasteiger partial charge in [0.2, 0.25) is 0 Å². The van der Waals surface area contributed by atoms with Crippen LogP contribution in [0.15, 0.2) is 83.7 Å². The molecular formula is C28H28N4OS. The van der Waals surface area contributed by atoms with E-state index in [-0.39, 0.29) is 0 Å². The Morgan fingerprint density at radius 1 is 0.941 bits per heavy atom. The van der Waals surface area contributed by atoms with Crippen molar-refractivity contribution in [3.8, 4) is 17.0 Å². The summed E-state index contributed by atoms with van der Waals surface area (Å²) in [5.74, 6) is 0.875. The van der Waals surface area contributed by atoms with Gasteiger partial charge < -0.3 is 13.9 Å². The van der Waals surface area contributed by atoms with E-state index in [2.05, 4.69) is 81.9 Å². The third kappa shape index (κ3) is 4.68. The zero-order valence-electron chi connectivity index (χ0n) is 19.7. The second kappa shape index (κ2) is 9.69. The number of hydrogen-bond acceptors (Lipinski definition) is 4. The van der Waals surface area contributed by atoms with E-state index in [1.165, 1.54) is 33.2 Å². The number of methoxy groups -OCH3 is 1. The molecule has 6 heteroatoms. The number of aromatic nitrogens is 3. The summed E-state index contributed by atoms with van der Waals surface area (Å²) in [7, 11) is 1.70. The zero-order chi connectivity index (χ0) is 23.5. The first-order valence-electron chi connectivity index (χ1n) is 11.4. The van der Waals surface area contributed by atoms with Crippen molar-refractivity contribution in [2.24, 2.45) is 4.99 Å². The molecule has 0 fully saturated rings. The van der Waals surface area contributed by atoms with Crippen LogP contribution in [0.2, 0.25) is 0 Å². The van der Waals surface area contributed by atoms with E-state index < -0.39 is 0 Å². The Bertz CT molecular complexity index is 1490. The molecule has 5 nitrogen and oxygen atoms in total. The van der Waals surface area contributed by atoms with Crippen molar-refractivity contribution in [1.82, 2.24) is 14.1 Å². The normalized spacial score (nSPS) is 11.9. The summed E-state index contributed by atoms with van der Waals surface area (Å²) in [6.07, 6.45) is 6.70. The van der Waals surface area contributed by atoms with Gasteiger partial charge in [-0.05, 0) is 78.1 Å². The standard InChI is InChI=1S/C28H28N4OS/c1-20-5-9-25(15-21(20)2)30-28-32(13-4-12-31-14-11-29-19-31)27(18-34-28)24-7-6-23-17-26(33-3)10-8-22(23)16-24/h5-11,14-19H,4,12-13H2,1-3H3. The van der Waals surface area contributed by atoms with Crippen LogP contribution in [0, 0.1) is 13.8 Å². The first-order chi connectivity index (χ1) is 16.6. The second-order valence-corrected chi connectivity index (χ2v) is 9.35. The van der Waals surface area contributed by atoms with Gasteiger partial charge in [0, 0.05) is 30.9 Å². The van der Waals surface area contributed by atoms with Crippen molar-refractivity contribution >= 4 is 27.8 Å². The number of aryl methyl sites for hydroxylation is 3. The lowest BCUT2D eigenvalue weighted by Gasteiger charge is -2.11. The molecule has 0 aliphatic carbocycles. The Hall–Kier alpha value is -3.64. The van der Waals surface area contributed by atoms with Gasteiger partial charge in [-0.25, -0.2) is 9.98 Å². The van der Waals surface area contributed by atoms with Crippen molar-refractivity contribution in [3.05, 3.63) is 94.6 Å². The van der Waals surface area contributed by atoms with E-state index in [0.717, 1.165) is 35.7 Å². The first kappa shape index (κ1) is 22.2. The molecule has 2 heterocycles. The van der Waals surface area contributed by atoms with Crippen molar-refractivity contribution in [3.63, 3.8) is 0 Å². The maximum absolute atomic E-state index is 5.39. The highest BCUT2D eigenvalue weighted by Gasteiger charge is 2.10. The molecule has 0 bridgehead atoms. The molecule has 172 valence electrons. The summed E-state index contributed by atoms with van der Waals surface area (Å²) in [6.45, 7) is 6.07. The van der Waals surface area contributed by atoms with E-state index in [1.807, 2.05) is 24.8 Å². The maximum Gasteiger partial charge on any atom is 0.190 e. The van der Waals surface area contributed by atoms with E-state index in [1.54, 1.807) is 18.4 Å². The predicted molar refractivity (Wildman–Crippen MR) is 140 cm³/mol. The molecule has 0 radical (unpaired) electrons. The van der Waals surface area contributed by atoms with Gasteiger partial charge in [0.25, 0.3) is 0 Å². The van der Waals surface area contributed by atoms with E-state index in [0.29, 0.717) is 0 Å². The Morgan fingerprint density at radius 3 is 2.59 bits per heavy atom. The molecule has 34 heavy (non-hydrogen) atoms. The largest absolute Gasteiger partial charge is 0.497 e. The highest BCUT2D eigenvalue weighted by Crippen LogP contribution is 2.28. The fourth-order valence-electron chi connectivity index (χ4n) is 4.11. The van der Waals surface area contributed by atoms with Gasteiger partial charge in [0.15, 0.2) is 4.80 Å². The molecule has 3 aromatic carbocycles. The number of hydrogen-bond donors (Lipinski definition) is 0. The van der Waals surface area contributed by atoms with Crippen LogP contribution in [0.3, 0.4) is 0 Å². The Morgan fingerprint density at radius 2 is 1.79 bits per heavy atom. The maximum atomic E-state index is 5.39. The van der Waals surface area contributed by atoms with Crippen LogP contribution in [-0.2, 0) is 13.1 Å². The van der Waals surface area contributed by atoms with Gasteiger partial charge in [-0.1, -0.05) is 24.3 Å². The lowest BCUT2D eigenvalue weighted by Crippen LogP contribution is -2.17. The number of ether oxygens (including phenoxy) is 1. The van der Waals surface area contributed by atoms with Gasteiger partial charge in [0.1, 0.15) is 5.75 Å². The lowest BCUT2D eigenvalue weighted by molar-refractivity contribution is 0.415. The molecule has 0 N–H and O–H groups in total. The molecule has 0 unspecified atom stereocenters. The highest BCUT2D eigenvalue weighted by atomic mass is 32.1. The van der Waals surface area contributed by atoms with Gasteiger partial charge in [-0.3, -0.25) is 0 Å². The summed E-state index contributed by atoms with van der Waals surface area (Å²) in [5, 5.41) is 4.59. The molecule has 0 saturated heterocycles. The van der Waals surface area contributed by atoms with Crippen molar-refractivity contribution in [2.75, 3.05) is 7.11 Å². The Labute approximate surface area is 203 Å². The van der Waals surface area contributed by atoms with Crippen molar-refractivity contribution in [2.45, 2.75) is 33.4 Å². The smallest absolute Gasteiger partial charge is 0.190 e. The highest BCUT2D eigenvalue weighted by molar-refractivity contribution is 7.07. The number of nitrogens with zero attached hydrogens (tertiary/aromatic N) is 4. The predicted octanol–water partition coefficient (Wildman–Crippen LogP) is 6.51. The first-order valence-corrected chi connectivity index (χ1v) is 12.3. The summed E-state index contributed by atoms with van der Waals surface area (Å²) in [5.41, 5.74) is 5.92. The van der Waals surface area contributed by atoms with E-state index in [9.17, 15) is 0 Å². The third-order valence-electron chi connectivity index (χ3n) is 6.21. The van der Waals surface area contributed by atoms with Crippen LogP contribution < -0.4 is 9.54 Å². The summed E-state index contributed by atoms with van der Waals surface area (Å²) >= 11 is 1.69. The Kier molecular flexibility index (Phi) is 6.32. The van der Waals surface area contributed by atoms with Crippen molar-refractivity contribution < 1.29 is 4.74 Å². The quantitative estimate of drug-likeness (QED) is 0.273. The second-order valence-electron chi connectivity index (χ2n) is 8.52. The van der Waals surface area contributed by atoms with Gasteiger partial charge in [0.05, 0.1) is 24.8 Å². The number of fused-ring (bicyclic) bond motifs is 1. The monoisotopic (exact) mass is 468 g/mol. The average molecular weight is 469 g/mol. The number of imidazole rings is 1. The molecule has 0 amide bonds. The van der Waals surface area contributed by atoms with Crippen molar-refractivity contribution in [1.29, 1.82) is 0 Å². The minimum Gasteiger partial charge on any atom is -0.497 e. The lowest BCUT2D eigenvalue weighted by atomic mass is 10.0. The fourth-order valence-corrected chi connectivity index (χ4v) is 5.07. The number of benzene rings is 3.